The number of halogens is 5. The molecular weight excluding hydrogens is 614 g/mol. The van der Waals surface area contributed by atoms with Crippen molar-refractivity contribution in [1.82, 2.24) is 9.97 Å². The van der Waals surface area contributed by atoms with Crippen molar-refractivity contribution in [3.63, 3.8) is 0 Å². The SMILES string of the molecule is OCC(CO)COc1nc(NCc2cccc(C(F)(F)F)c2)c2cc(C(c3ccc(Cl)cc3)c3ccc(Cl)cc3)ccc2n1. The van der Waals surface area contributed by atoms with Crippen LogP contribution < -0.4 is 10.1 Å². The first-order valence-electron chi connectivity index (χ1n) is 13.7. The van der Waals surface area contributed by atoms with E-state index in [1.165, 1.54) is 6.07 Å². The zero-order valence-electron chi connectivity index (χ0n) is 23.2. The number of aliphatic hydroxyl groups excluding tert-OH is 2. The first kappa shape index (κ1) is 31.5. The maximum atomic E-state index is 13.3. The lowest BCUT2D eigenvalue weighted by Gasteiger charge is -2.20. The maximum absolute atomic E-state index is 13.3. The number of aromatic nitrogens is 2. The molecule has 228 valence electrons. The quantitative estimate of drug-likeness (QED) is 0.128. The Kier molecular flexibility index (Phi) is 9.90. The average Bonchev–Trinajstić information content (AvgIpc) is 3.02. The summed E-state index contributed by atoms with van der Waals surface area (Å²) < 4.78 is 45.7. The highest BCUT2D eigenvalue weighted by molar-refractivity contribution is 6.30. The summed E-state index contributed by atoms with van der Waals surface area (Å²) in [6.45, 7) is -0.554. The van der Waals surface area contributed by atoms with Gasteiger partial charge in [-0.25, -0.2) is 0 Å². The van der Waals surface area contributed by atoms with Gasteiger partial charge in [0.05, 0.1) is 30.9 Å². The van der Waals surface area contributed by atoms with Crippen LogP contribution in [0.25, 0.3) is 10.9 Å². The molecule has 5 aromatic rings. The van der Waals surface area contributed by atoms with Gasteiger partial charge in [0.1, 0.15) is 5.82 Å². The number of nitrogens with one attached hydrogen (secondary N) is 1. The van der Waals surface area contributed by atoms with Gasteiger partial charge in [0.25, 0.3) is 0 Å². The molecule has 0 aliphatic rings. The molecule has 0 spiro atoms. The van der Waals surface area contributed by atoms with E-state index in [2.05, 4.69) is 15.3 Å². The number of benzene rings is 4. The summed E-state index contributed by atoms with van der Waals surface area (Å²) in [5.74, 6) is -0.395. The van der Waals surface area contributed by atoms with Crippen molar-refractivity contribution in [2.24, 2.45) is 5.92 Å². The molecule has 44 heavy (non-hydrogen) atoms. The van der Waals surface area contributed by atoms with E-state index in [-0.39, 0.29) is 38.3 Å². The molecule has 0 unspecified atom stereocenters. The van der Waals surface area contributed by atoms with Crippen molar-refractivity contribution in [1.29, 1.82) is 0 Å². The predicted molar refractivity (Wildman–Crippen MR) is 165 cm³/mol. The number of ether oxygens (including phenoxy) is 1. The first-order valence-corrected chi connectivity index (χ1v) is 14.5. The van der Waals surface area contributed by atoms with E-state index in [4.69, 9.17) is 27.9 Å². The molecule has 0 fully saturated rings. The number of fused-ring (bicyclic) bond motifs is 1. The summed E-state index contributed by atoms with van der Waals surface area (Å²) in [5, 5.41) is 23.9. The van der Waals surface area contributed by atoms with Crippen LogP contribution in [0, 0.1) is 5.92 Å². The molecule has 0 radical (unpaired) electrons. The normalized spacial score (nSPS) is 11.8. The molecule has 0 atom stereocenters. The molecule has 0 aliphatic carbocycles. The molecule has 0 saturated heterocycles. The van der Waals surface area contributed by atoms with Crippen molar-refractivity contribution in [3.05, 3.63) is 129 Å². The number of alkyl halides is 3. The summed E-state index contributed by atoms with van der Waals surface area (Å²) in [5.41, 5.74) is 3.06. The van der Waals surface area contributed by atoms with Gasteiger partial charge in [-0.1, -0.05) is 65.7 Å². The molecule has 6 nitrogen and oxygen atoms in total. The topological polar surface area (TPSA) is 87.5 Å². The van der Waals surface area contributed by atoms with Crippen LogP contribution in [0.3, 0.4) is 0 Å². The monoisotopic (exact) mass is 641 g/mol. The Morgan fingerprint density at radius 2 is 1.39 bits per heavy atom. The molecule has 4 aromatic carbocycles. The van der Waals surface area contributed by atoms with Gasteiger partial charge in [0.15, 0.2) is 0 Å². The second-order valence-corrected chi connectivity index (χ2v) is 11.1. The molecule has 5 rings (SSSR count). The number of nitrogens with zero attached hydrogens (tertiary/aromatic N) is 2. The van der Waals surface area contributed by atoms with Crippen LogP contribution in [0.1, 0.15) is 33.7 Å². The first-order chi connectivity index (χ1) is 21.1. The third kappa shape index (κ3) is 7.60. The number of aliphatic hydroxyl groups is 2. The van der Waals surface area contributed by atoms with E-state index in [1.54, 1.807) is 6.07 Å². The van der Waals surface area contributed by atoms with Crippen LogP contribution in [0.2, 0.25) is 10.0 Å². The van der Waals surface area contributed by atoms with Crippen molar-refractivity contribution >= 4 is 39.9 Å². The third-order valence-corrected chi connectivity index (χ3v) is 7.62. The molecule has 0 aliphatic heterocycles. The Morgan fingerprint density at radius 3 is 1.98 bits per heavy atom. The molecule has 0 amide bonds. The standard InChI is InChI=1S/C33H28Cl2F3N3O3/c34-26-9-4-22(5-10-26)30(23-6-11-27(35)12-7-23)24-8-13-29-28(15-24)31(41-32(40-29)44-19-21(17-42)18-43)39-16-20-2-1-3-25(14-20)33(36,37)38/h1-15,21,30,42-43H,16-19H2,(H,39,40,41). The van der Waals surface area contributed by atoms with Crippen molar-refractivity contribution in [3.8, 4) is 6.01 Å². The summed E-state index contributed by atoms with van der Waals surface area (Å²) in [4.78, 5) is 9.06. The van der Waals surface area contributed by atoms with Crippen LogP contribution in [-0.2, 0) is 12.7 Å². The second kappa shape index (κ2) is 13.8. The Labute approximate surface area is 262 Å². The van der Waals surface area contributed by atoms with Crippen LogP contribution in [0.15, 0.2) is 91.0 Å². The van der Waals surface area contributed by atoms with E-state index < -0.39 is 17.7 Å². The largest absolute Gasteiger partial charge is 0.463 e. The minimum atomic E-state index is -4.47. The minimum Gasteiger partial charge on any atom is -0.463 e. The van der Waals surface area contributed by atoms with Gasteiger partial charge < -0.3 is 20.3 Å². The lowest BCUT2D eigenvalue weighted by Crippen LogP contribution is -2.20. The van der Waals surface area contributed by atoms with Gasteiger partial charge in [0, 0.05) is 33.8 Å². The molecule has 11 heteroatoms. The number of rotatable bonds is 11. The second-order valence-electron chi connectivity index (χ2n) is 10.3. The Balaban J connectivity index is 1.57. The molecule has 1 aromatic heterocycles. The molecule has 0 bridgehead atoms. The van der Waals surface area contributed by atoms with Gasteiger partial charge in [-0.05, 0) is 70.8 Å². The fourth-order valence-corrected chi connectivity index (χ4v) is 5.04. The Morgan fingerprint density at radius 1 is 0.773 bits per heavy atom. The van der Waals surface area contributed by atoms with Crippen LogP contribution in [-0.4, -0.2) is 40.0 Å². The fraction of sp³-hybridized carbons (Fsp3) is 0.212. The van der Waals surface area contributed by atoms with Gasteiger partial charge in [-0.2, -0.15) is 23.1 Å². The van der Waals surface area contributed by atoms with Gasteiger partial charge in [-0.3, -0.25) is 0 Å². The third-order valence-electron chi connectivity index (χ3n) is 7.12. The van der Waals surface area contributed by atoms with Crippen molar-refractivity contribution in [2.45, 2.75) is 18.6 Å². The lowest BCUT2D eigenvalue weighted by atomic mass is 9.85. The maximum Gasteiger partial charge on any atom is 0.416 e. The highest BCUT2D eigenvalue weighted by atomic mass is 35.5. The Bertz CT molecular complexity index is 1670. The van der Waals surface area contributed by atoms with E-state index in [0.29, 0.717) is 32.3 Å². The lowest BCUT2D eigenvalue weighted by molar-refractivity contribution is -0.137. The molecule has 1 heterocycles. The summed E-state index contributed by atoms with van der Waals surface area (Å²) in [6.07, 6.45) is -4.47. The van der Waals surface area contributed by atoms with Crippen LogP contribution in [0.4, 0.5) is 19.0 Å². The zero-order chi connectivity index (χ0) is 31.3. The number of anilines is 1. The summed E-state index contributed by atoms with van der Waals surface area (Å²) >= 11 is 12.4. The van der Waals surface area contributed by atoms with Gasteiger partial charge in [-0.15, -0.1) is 0 Å². The molecular formula is C33H28Cl2F3N3O3. The van der Waals surface area contributed by atoms with Crippen molar-refractivity contribution < 1.29 is 28.1 Å². The van der Waals surface area contributed by atoms with E-state index in [0.717, 1.165) is 28.8 Å². The average molecular weight is 643 g/mol. The van der Waals surface area contributed by atoms with E-state index >= 15 is 0 Å². The highest BCUT2D eigenvalue weighted by Crippen LogP contribution is 2.36. The summed E-state index contributed by atoms with van der Waals surface area (Å²) in [7, 11) is 0. The van der Waals surface area contributed by atoms with Crippen molar-refractivity contribution in [2.75, 3.05) is 25.1 Å². The summed E-state index contributed by atoms with van der Waals surface area (Å²) in [6, 6.07) is 25.8. The fourth-order valence-electron chi connectivity index (χ4n) is 4.79. The zero-order valence-corrected chi connectivity index (χ0v) is 24.7. The Hall–Kier alpha value is -3.89. The minimum absolute atomic E-state index is 0.00403. The number of hydrogen-bond donors (Lipinski definition) is 3. The highest BCUT2D eigenvalue weighted by Gasteiger charge is 2.30. The van der Waals surface area contributed by atoms with E-state index in [9.17, 15) is 23.4 Å². The van der Waals surface area contributed by atoms with Gasteiger partial charge >= 0.3 is 12.2 Å². The predicted octanol–water partition coefficient (Wildman–Crippen LogP) is 7.73. The smallest absolute Gasteiger partial charge is 0.416 e. The van der Waals surface area contributed by atoms with Crippen LogP contribution >= 0.6 is 23.2 Å². The van der Waals surface area contributed by atoms with Gasteiger partial charge in [0.2, 0.25) is 0 Å². The number of hydrogen-bond acceptors (Lipinski definition) is 6. The molecule has 0 saturated carbocycles. The van der Waals surface area contributed by atoms with E-state index in [1.807, 2.05) is 66.7 Å². The van der Waals surface area contributed by atoms with Crippen LogP contribution in [0.5, 0.6) is 6.01 Å². The molecule has 3 N–H and O–H groups in total.